The minimum Gasteiger partial charge on any atom is -0.454 e. The number of hydrogen-bond acceptors (Lipinski definition) is 4. The third kappa shape index (κ3) is 4.60. The summed E-state index contributed by atoms with van der Waals surface area (Å²) < 4.78 is 10.9. The number of benzene rings is 1. The number of amides is 3. The fraction of sp³-hybridized carbons (Fsp3) is 0.667. The number of piperidine rings is 1. The maximum absolute atomic E-state index is 13.0. The van der Waals surface area contributed by atoms with Gasteiger partial charge in [-0.25, -0.2) is 4.79 Å². The molecule has 1 saturated carbocycles. The van der Waals surface area contributed by atoms with Gasteiger partial charge in [-0.1, -0.05) is 25.3 Å². The predicted octanol–water partition coefficient (Wildman–Crippen LogP) is 3.52. The molecule has 31 heavy (non-hydrogen) atoms. The Morgan fingerprint density at radius 2 is 1.81 bits per heavy atom. The second kappa shape index (κ2) is 8.97. The number of fused-ring (bicyclic) bond motifs is 2. The summed E-state index contributed by atoms with van der Waals surface area (Å²) in [6.45, 7) is 3.13. The third-order valence-electron chi connectivity index (χ3n) is 7.48. The third-order valence-corrected chi connectivity index (χ3v) is 7.48. The second-order valence-corrected chi connectivity index (χ2v) is 9.53. The summed E-state index contributed by atoms with van der Waals surface area (Å²) in [5.74, 6) is 2.53. The van der Waals surface area contributed by atoms with E-state index < -0.39 is 0 Å². The second-order valence-electron chi connectivity index (χ2n) is 9.53. The summed E-state index contributed by atoms with van der Waals surface area (Å²) in [7, 11) is 0. The number of likely N-dealkylation sites (tertiary alicyclic amines) is 2. The van der Waals surface area contributed by atoms with E-state index in [9.17, 15) is 9.59 Å². The highest BCUT2D eigenvalue weighted by Gasteiger charge is 2.36. The Hall–Kier alpha value is -2.44. The van der Waals surface area contributed by atoms with Crippen molar-refractivity contribution in [2.75, 3.05) is 26.4 Å². The molecule has 0 spiro atoms. The molecule has 5 rings (SSSR count). The zero-order chi connectivity index (χ0) is 21.2. The van der Waals surface area contributed by atoms with Crippen LogP contribution in [0.4, 0.5) is 4.79 Å². The van der Waals surface area contributed by atoms with E-state index in [1.807, 2.05) is 28.0 Å². The minimum absolute atomic E-state index is 0.0955. The van der Waals surface area contributed by atoms with E-state index in [0.29, 0.717) is 30.8 Å². The van der Waals surface area contributed by atoms with Crippen molar-refractivity contribution in [2.24, 2.45) is 11.8 Å². The first-order valence-corrected chi connectivity index (χ1v) is 11.9. The first-order chi connectivity index (χ1) is 15.2. The predicted molar refractivity (Wildman–Crippen MR) is 116 cm³/mol. The Bertz CT molecular complexity index is 823. The van der Waals surface area contributed by atoms with Crippen LogP contribution in [0.15, 0.2) is 18.2 Å². The van der Waals surface area contributed by atoms with E-state index in [2.05, 4.69) is 5.32 Å². The van der Waals surface area contributed by atoms with Gasteiger partial charge in [0.15, 0.2) is 11.5 Å². The van der Waals surface area contributed by atoms with E-state index in [0.717, 1.165) is 62.4 Å². The molecule has 7 nitrogen and oxygen atoms in total. The van der Waals surface area contributed by atoms with Crippen molar-refractivity contribution in [3.63, 3.8) is 0 Å². The summed E-state index contributed by atoms with van der Waals surface area (Å²) >= 11 is 0. The number of rotatable bonds is 3. The zero-order valence-corrected chi connectivity index (χ0v) is 18.2. The van der Waals surface area contributed by atoms with Crippen molar-refractivity contribution >= 4 is 11.9 Å². The first kappa shape index (κ1) is 20.5. The highest BCUT2D eigenvalue weighted by Crippen LogP contribution is 2.35. The SMILES string of the molecule is O=C1CC2CCN(C(=O)NC3CCCCC3)CC2CCN1Cc1ccc2c(c1)OCO2. The lowest BCUT2D eigenvalue weighted by molar-refractivity contribution is -0.132. The van der Waals surface area contributed by atoms with Gasteiger partial charge in [0.25, 0.3) is 0 Å². The molecule has 0 aromatic heterocycles. The zero-order valence-electron chi connectivity index (χ0n) is 18.2. The van der Waals surface area contributed by atoms with Crippen molar-refractivity contribution in [3.05, 3.63) is 23.8 Å². The molecular weight excluding hydrogens is 394 g/mol. The molecule has 1 N–H and O–H groups in total. The highest BCUT2D eigenvalue weighted by molar-refractivity contribution is 5.77. The quantitative estimate of drug-likeness (QED) is 0.801. The van der Waals surface area contributed by atoms with Crippen LogP contribution >= 0.6 is 0 Å². The summed E-state index contributed by atoms with van der Waals surface area (Å²) in [6.07, 6.45) is 8.41. The smallest absolute Gasteiger partial charge is 0.317 e. The number of carbonyl (C=O) groups excluding carboxylic acids is 2. The maximum Gasteiger partial charge on any atom is 0.317 e. The Labute approximate surface area is 184 Å². The monoisotopic (exact) mass is 427 g/mol. The molecule has 7 heteroatoms. The lowest BCUT2D eigenvalue weighted by Crippen LogP contribution is -2.50. The number of nitrogens with one attached hydrogen (secondary N) is 1. The van der Waals surface area contributed by atoms with E-state index >= 15 is 0 Å². The fourth-order valence-electron chi connectivity index (χ4n) is 5.60. The Morgan fingerprint density at radius 1 is 1.00 bits per heavy atom. The summed E-state index contributed by atoms with van der Waals surface area (Å²) in [4.78, 5) is 29.7. The average Bonchev–Trinajstić information content (AvgIpc) is 3.19. The van der Waals surface area contributed by atoms with Crippen LogP contribution in [0, 0.1) is 11.8 Å². The van der Waals surface area contributed by atoms with Gasteiger partial charge in [-0.2, -0.15) is 0 Å². The molecule has 168 valence electrons. The van der Waals surface area contributed by atoms with Crippen LogP contribution in [-0.4, -0.2) is 54.2 Å². The largest absolute Gasteiger partial charge is 0.454 e. The van der Waals surface area contributed by atoms with Crippen molar-refractivity contribution < 1.29 is 19.1 Å². The van der Waals surface area contributed by atoms with Gasteiger partial charge in [0.1, 0.15) is 0 Å². The molecule has 2 unspecified atom stereocenters. The number of nitrogens with zero attached hydrogens (tertiary/aromatic N) is 2. The van der Waals surface area contributed by atoms with Crippen molar-refractivity contribution in [3.8, 4) is 11.5 Å². The van der Waals surface area contributed by atoms with Crippen LogP contribution in [-0.2, 0) is 11.3 Å². The molecule has 2 saturated heterocycles. The lowest BCUT2D eigenvalue weighted by atomic mass is 9.82. The number of hydrogen-bond donors (Lipinski definition) is 1. The number of carbonyl (C=O) groups is 2. The van der Waals surface area contributed by atoms with Gasteiger partial charge in [0.2, 0.25) is 12.7 Å². The van der Waals surface area contributed by atoms with Gasteiger partial charge >= 0.3 is 6.03 Å². The summed E-state index contributed by atoms with van der Waals surface area (Å²) in [5, 5.41) is 3.26. The maximum atomic E-state index is 13.0. The average molecular weight is 428 g/mol. The molecule has 3 heterocycles. The van der Waals surface area contributed by atoms with Crippen LogP contribution in [0.25, 0.3) is 0 Å². The first-order valence-electron chi connectivity index (χ1n) is 11.9. The van der Waals surface area contributed by atoms with Crippen LogP contribution in [0.3, 0.4) is 0 Å². The summed E-state index contributed by atoms with van der Waals surface area (Å²) in [5.41, 5.74) is 1.07. The van der Waals surface area contributed by atoms with Crippen molar-refractivity contribution in [1.82, 2.24) is 15.1 Å². The van der Waals surface area contributed by atoms with Gasteiger partial charge in [0.05, 0.1) is 0 Å². The van der Waals surface area contributed by atoms with Gasteiger partial charge in [0, 0.05) is 38.6 Å². The Kier molecular flexibility index (Phi) is 5.92. The fourth-order valence-corrected chi connectivity index (χ4v) is 5.60. The van der Waals surface area contributed by atoms with Crippen LogP contribution < -0.4 is 14.8 Å². The standard InChI is InChI=1S/C24H33N3O4/c28-23-13-18-8-11-27(24(29)25-20-4-2-1-3-5-20)15-19(18)9-10-26(23)14-17-6-7-21-22(12-17)31-16-30-21/h6-7,12,18-20H,1-5,8-11,13-16H2,(H,25,29). The lowest BCUT2D eigenvalue weighted by Gasteiger charge is -2.38. The van der Waals surface area contributed by atoms with Crippen LogP contribution in [0.2, 0.25) is 0 Å². The molecule has 2 atom stereocenters. The van der Waals surface area contributed by atoms with Gasteiger partial charge < -0.3 is 24.6 Å². The normalized spacial score (nSPS) is 26.4. The van der Waals surface area contributed by atoms with Crippen LogP contribution in [0.5, 0.6) is 11.5 Å². The summed E-state index contributed by atoms with van der Waals surface area (Å²) in [6, 6.07) is 6.34. The molecule has 1 aromatic rings. The van der Waals surface area contributed by atoms with Crippen LogP contribution in [0.1, 0.15) is 56.9 Å². The molecular formula is C24H33N3O4. The molecule has 3 amide bonds. The van der Waals surface area contributed by atoms with E-state index in [-0.39, 0.29) is 18.7 Å². The van der Waals surface area contributed by atoms with Gasteiger partial charge in [-0.15, -0.1) is 0 Å². The van der Waals surface area contributed by atoms with E-state index in [1.165, 1.54) is 19.3 Å². The molecule has 0 bridgehead atoms. The van der Waals surface area contributed by atoms with E-state index in [1.54, 1.807) is 0 Å². The minimum atomic E-state index is 0.0955. The highest BCUT2D eigenvalue weighted by atomic mass is 16.7. The molecule has 0 radical (unpaired) electrons. The Balaban J connectivity index is 1.18. The molecule has 3 fully saturated rings. The molecule has 1 aromatic carbocycles. The molecule has 4 aliphatic rings. The van der Waals surface area contributed by atoms with Gasteiger partial charge in [-0.3, -0.25) is 4.79 Å². The van der Waals surface area contributed by atoms with E-state index in [4.69, 9.17) is 9.47 Å². The number of urea groups is 1. The topological polar surface area (TPSA) is 71.1 Å². The molecule has 1 aliphatic carbocycles. The van der Waals surface area contributed by atoms with Gasteiger partial charge in [-0.05, 0) is 55.2 Å². The molecule has 3 aliphatic heterocycles. The van der Waals surface area contributed by atoms with Crippen molar-refractivity contribution in [1.29, 1.82) is 0 Å². The number of ether oxygens (including phenoxy) is 2. The Morgan fingerprint density at radius 3 is 2.68 bits per heavy atom. The van der Waals surface area contributed by atoms with Crippen molar-refractivity contribution in [2.45, 2.75) is 64.0 Å².